The van der Waals surface area contributed by atoms with Gasteiger partial charge in [-0.15, -0.1) is 10.2 Å². The molecule has 128 valence electrons. The molecule has 0 aliphatic rings. The zero-order valence-corrected chi connectivity index (χ0v) is 14.6. The molecule has 0 saturated carbocycles. The molecule has 1 atom stereocenters. The summed E-state index contributed by atoms with van der Waals surface area (Å²) in [6, 6.07) is 14.3. The van der Waals surface area contributed by atoms with Gasteiger partial charge in [0.25, 0.3) is 11.1 Å². The summed E-state index contributed by atoms with van der Waals surface area (Å²) in [4.78, 5) is 12.3. The van der Waals surface area contributed by atoms with Gasteiger partial charge < -0.3 is 14.8 Å². The standard InChI is InChI=1S/C18H17N3O3S/c1-11-7-3-5-9-14(11)19-16(23)12(2)25-18-21-20-17(24-18)13-8-4-6-10-15(13)22/h3-10,12,22H,1-2H3,(H,19,23)/t12-/m1/s1. The minimum Gasteiger partial charge on any atom is -0.507 e. The number of nitrogens with zero attached hydrogens (tertiary/aromatic N) is 2. The highest BCUT2D eigenvalue weighted by atomic mass is 32.2. The van der Waals surface area contributed by atoms with Gasteiger partial charge in [0.05, 0.1) is 10.8 Å². The Morgan fingerprint density at radius 3 is 2.64 bits per heavy atom. The zero-order valence-electron chi connectivity index (χ0n) is 13.8. The highest BCUT2D eigenvalue weighted by Crippen LogP contribution is 2.31. The number of phenols is 1. The molecular formula is C18H17N3O3S. The summed E-state index contributed by atoms with van der Waals surface area (Å²) >= 11 is 1.16. The Labute approximate surface area is 149 Å². The fourth-order valence-corrected chi connectivity index (χ4v) is 2.86. The number of hydrogen-bond acceptors (Lipinski definition) is 6. The van der Waals surface area contributed by atoms with Crippen LogP contribution in [-0.2, 0) is 4.79 Å². The fourth-order valence-electron chi connectivity index (χ4n) is 2.17. The summed E-state index contributed by atoms with van der Waals surface area (Å²) in [5, 5.41) is 20.4. The van der Waals surface area contributed by atoms with E-state index in [1.54, 1.807) is 31.2 Å². The van der Waals surface area contributed by atoms with Crippen LogP contribution in [0.5, 0.6) is 5.75 Å². The number of benzene rings is 2. The number of carbonyl (C=O) groups excluding carboxylic acids is 1. The predicted octanol–water partition coefficient (Wildman–Crippen LogP) is 3.87. The van der Waals surface area contributed by atoms with Crippen molar-refractivity contribution in [3.8, 4) is 17.2 Å². The molecule has 1 aromatic heterocycles. The molecule has 7 heteroatoms. The van der Waals surface area contributed by atoms with Gasteiger partial charge in [0.1, 0.15) is 5.75 Å². The van der Waals surface area contributed by atoms with Gasteiger partial charge in [-0.25, -0.2) is 0 Å². The lowest BCUT2D eigenvalue weighted by atomic mass is 10.2. The number of para-hydroxylation sites is 2. The first-order valence-corrected chi connectivity index (χ1v) is 8.57. The molecule has 0 radical (unpaired) electrons. The van der Waals surface area contributed by atoms with Crippen molar-refractivity contribution in [2.24, 2.45) is 0 Å². The van der Waals surface area contributed by atoms with E-state index in [-0.39, 0.29) is 22.8 Å². The normalized spacial score (nSPS) is 11.9. The maximum absolute atomic E-state index is 12.3. The maximum Gasteiger partial charge on any atom is 0.277 e. The van der Waals surface area contributed by atoms with Crippen molar-refractivity contribution in [2.45, 2.75) is 24.3 Å². The third-order valence-corrected chi connectivity index (χ3v) is 4.52. The number of carbonyl (C=O) groups is 1. The number of amides is 1. The van der Waals surface area contributed by atoms with Crippen molar-refractivity contribution in [2.75, 3.05) is 5.32 Å². The number of thioether (sulfide) groups is 1. The number of aryl methyl sites for hydroxylation is 1. The molecule has 0 bridgehead atoms. The maximum atomic E-state index is 12.3. The van der Waals surface area contributed by atoms with Crippen molar-refractivity contribution in [1.82, 2.24) is 10.2 Å². The van der Waals surface area contributed by atoms with Gasteiger partial charge in [-0.3, -0.25) is 4.79 Å². The van der Waals surface area contributed by atoms with E-state index in [4.69, 9.17) is 4.42 Å². The SMILES string of the molecule is Cc1ccccc1NC(=O)[C@@H](C)Sc1nnc(-c2ccccc2O)o1. The summed E-state index contributed by atoms with van der Waals surface area (Å²) in [5.41, 5.74) is 2.23. The van der Waals surface area contributed by atoms with Crippen LogP contribution in [-0.4, -0.2) is 26.5 Å². The molecule has 1 amide bonds. The summed E-state index contributed by atoms with van der Waals surface area (Å²) in [5.74, 6) is 0.127. The summed E-state index contributed by atoms with van der Waals surface area (Å²) in [7, 11) is 0. The summed E-state index contributed by atoms with van der Waals surface area (Å²) in [6.45, 7) is 3.70. The first-order chi connectivity index (χ1) is 12.0. The summed E-state index contributed by atoms with van der Waals surface area (Å²) < 4.78 is 5.55. The van der Waals surface area contributed by atoms with Crippen molar-refractivity contribution in [3.63, 3.8) is 0 Å². The third kappa shape index (κ3) is 4.00. The quantitative estimate of drug-likeness (QED) is 0.676. The molecule has 0 fully saturated rings. The molecule has 1 heterocycles. The monoisotopic (exact) mass is 355 g/mol. The zero-order chi connectivity index (χ0) is 17.8. The Morgan fingerprint density at radius 1 is 1.16 bits per heavy atom. The smallest absolute Gasteiger partial charge is 0.277 e. The van der Waals surface area contributed by atoms with Crippen molar-refractivity contribution in [1.29, 1.82) is 0 Å². The molecule has 3 aromatic rings. The molecule has 2 N–H and O–H groups in total. The van der Waals surface area contributed by atoms with Crippen LogP contribution in [0, 0.1) is 6.92 Å². The lowest BCUT2D eigenvalue weighted by Gasteiger charge is -2.11. The van der Waals surface area contributed by atoms with Crippen LogP contribution < -0.4 is 5.32 Å². The highest BCUT2D eigenvalue weighted by molar-refractivity contribution is 8.00. The number of rotatable bonds is 5. The van der Waals surface area contributed by atoms with Gasteiger partial charge >= 0.3 is 0 Å². The highest BCUT2D eigenvalue weighted by Gasteiger charge is 2.20. The Kier molecular flexibility index (Phi) is 5.04. The largest absolute Gasteiger partial charge is 0.507 e. The Balaban J connectivity index is 1.67. The van der Waals surface area contributed by atoms with E-state index in [1.807, 2.05) is 31.2 Å². The van der Waals surface area contributed by atoms with Gasteiger partial charge in [0, 0.05) is 5.69 Å². The third-order valence-electron chi connectivity index (χ3n) is 3.59. The van der Waals surface area contributed by atoms with Crippen molar-refractivity contribution < 1.29 is 14.3 Å². The Bertz CT molecular complexity index is 895. The molecule has 0 saturated heterocycles. The second-order valence-electron chi connectivity index (χ2n) is 5.45. The van der Waals surface area contributed by atoms with Gasteiger partial charge in [-0.1, -0.05) is 42.1 Å². The first-order valence-electron chi connectivity index (χ1n) is 7.69. The number of hydrogen-bond donors (Lipinski definition) is 2. The lowest BCUT2D eigenvalue weighted by Crippen LogP contribution is -2.22. The molecule has 25 heavy (non-hydrogen) atoms. The number of nitrogens with one attached hydrogen (secondary N) is 1. The average Bonchev–Trinajstić information content (AvgIpc) is 3.05. The van der Waals surface area contributed by atoms with E-state index in [1.165, 1.54) is 0 Å². The average molecular weight is 355 g/mol. The predicted molar refractivity (Wildman–Crippen MR) is 96.5 cm³/mol. The fraction of sp³-hybridized carbons (Fsp3) is 0.167. The van der Waals surface area contributed by atoms with Crippen LogP contribution in [0.4, 0.5) is 5.69 Å². The van der Waals surface area contributed by atoms with Crippen LogP contribution in [0.3, 0.4) is 0 Å². The van der Waals surface area contributed by atoms with E-state index in [9.17, 15) is 9.90 Å². The Hall–Kier alpha value is -2.80. The molecule has 0 aliphatic heterocycles. The minimum atomic E-state index is -0.419. The van der Waals surface area contributed by atoms with E-state index in [0.717, 1.165) is 23.0 Å². The van der Waals surface area contributed by atoms with E-state index in [2.05, 4.69) is 15.5 Å². The number of phenolic OH excluding ortho intramolecular Hbond substituents is 1. The van der Waals surface area contributed by atoms with E-state index < -0.39 is 5.25 Å². The molecule has 2 aromatic carbocycles. The van der Waals surface area contributed by atoms with Crippen LogP contribution >= 0.6 is 11.8 Å². The minimum absolute atomic E-state index is 0.0630. The van der Waals surface area contributed by atoms with Crippen LogP contribution in [0.15, 0.2) is 58.2 Å². The number of aromatic hydroxyl groups is 1. The topological polar surface area (TPSA) is 88.2 Å². The second-order valence-corrected chi connectivity index (χ2v) is 6.75. The number of anilines is 1. The summed E-state index contributed by atoms with van der Waals surface area (Å²) in [6.07, 6.45) is 0. The van der Waals surface area contributed by atoms with Crippen LogP contribution in [0.2, 0.25) is 0 Å². The molecule has 3 rings (SSSR count). The first kappa shape index (κ1) is 17.0. The second kappa shape index (κ2) is 7.40. The van der Waals surface area contributed by atoms with Gasteiger partial charge in [-0.05, 0) is 37.6 Å². The van der Waals surface area contributed by atoms with Gasteiger partial charge in [-0.2, -0.15) is 0 Å². The number of aromatic nitrogens is 2. The van der Waals surface area contributed by atoms with Crippen molar-refractivity contribution in [3.05, 3.63) is 54.1 Å². The van der Waals surface area contributed by atoms with Gasteiger partial charge in [0.15, 0.2) is 0 Å². The molecule has 0 aliphatic carbocycles. The van der Waals surface area contributed by atoms with Crippen LogP contribution in [0.1, 0.15) is 12.5 Å². The molecular weight excluding hydrogens is 338 g/mol. The van der Waals surface area contributed by atoms with E-state index >= 15 is 0 Å². The van der Waals surface area contributed by atoms with Crippen molar-refractivity contribution >= 4 is 23.4 Å². The van der Waals surface area contributed by atoms with Crippen LogP contribution in [0.25, 0.3) is 11.5 Å². The van der Waals surface area contributed by atoms with Gasteiger partial charge in [0.2, 0.25) is 5.91 Å². The lowest BCUT2D eigenvalue weighted by molar-refractivity contribution is -0.115. The molecule has 0 unspecified atom stereocenters. The molecule has 0 spiro atoms. The van der Waals surface area contributed by atoms with E-state index in [0.29, 0.717) is 5.56 Å². The Morgan fingerprint density at radius 2 is 1.88 bits per heavy atom. The molecule has 6 nitrogen and oxygen atoms in total.